The number of aromatic amines is 1. The van der Waals surface area contributed by atoms with Crippen LogP contribution in [0.15, 0.2) is 27.8 Å². The van der Waals surface area contributed by atoms with Gasteiger partial charge >= 0.3 is 5.69 Å². The van der Waals surface area contributed by atoms with E-state index in [1.165, 1.54) is 16.2 Å². The fourth-order valence-electron chi connectivity index (χ4n) is 2.70. The lowest BCUT2D eigenvalue weighted by atomic mass is 10.1. The minimum Gasteiger partial charge on any atom is -0.491 e. The second-order valence-electron chi connectivity index (χ2n) is 6.28. The summed E-state index contributed by atoms with van der Waals surface area (Å²) in [7, 11) is 1.48. The van der Waals surface area contributed by atoms with Crippen LogP contribution in [-0.4, -0.2) is 36.9 Å². The van der Waals surface area contributed by atoms with Crippen molar-refractivity contribution >= 4 is 17.1 Å². The van der Waals surface area contributed by atoms with Crippen molar-refractivity contribution in [2.45, 2.75) is 26.5 Å². The zero-order chi connectivity index (χ0) is 19.0. The topological polar surface area (TPSA) is 128 Å². The number of aliphatic hydroxyl groups is 1. The number of nitrogens with zero attached hydrogens (tertiary/aromatic N) is 3. The number of H-pyrrole nitrogens is 1. The number of hydrogen-bond acceptors (Lipinski definition) is 6. The molecule has 0 saturated heterocycles. The molecule has 138 valence electrons. The number of imidazole rings is 1. The van der Waals surface area contributed by atoms with Crippen LogP contribution in [0.1, 0.15) is 11.1 Å². The third-order valence-corrected chi connectivity index (χ3v) is 4.35. The Morgan fingerprint density at radius 3 is 2.73 bits per heavy atom. The maximum Gasteiger partial charge on any atom is 0.329 e. The first-order valence-electron chi connectivity index (χ1n) is 8.11. The number of nitrogen functional groups attached to an aromatic ring is 1. The minimum atomic E-state index is -0.923. The number of aromatic nitrogens is 4. The van der Waals surface area contributed by atoms with Gasteiger partial charge in [0.1, 0.15) is 18.5 Å². The molecule has 1 atom stereocenters. The van der Waals surface area contributed by atoms with Gasteiger partial charge in [0.15, 0.2) is 11.2 Å². The summed E-state index contributed by atoms with van der Waals surface area (Å²) < 4.78 is 8.18. The summed E-state index contributed by atoms with van der Waals surface area (Å²) in [5.74, 6) is 0.688. The summed E-state index contributed by atoms with van der Waals surface area (Å²) in [6, 6.07) is 5.67. The minimum absolute atomic E-state index is 0.00839. The second kappa shape index (κ2) is 6.68. The van der Waals surface area contributed by atoms with Crippen molar-refractivity contribution in [2.75, 3.05) is 12.3 Å². The molecule has 0 aliphatic carbocycles. The predicted molar refractivity (Wildman–Crippen MR) is 97.4 cm³/mol. The fourth-order valence-corrected chi connectivity index (χ4v) is 2.70. The Bertz CT molecular complexity index is 1080. The smallest absolute Gasteiger partial charge is 0.329 e. The molecule has 0 bridgehead atoms. The first-order valence-corrected chi connectivity index (χ1v) is 8.11. The number of nitrogens with one attached hydrogen (secondary N) is 1. The van der Waals surface area contributed by atoms with Gasteiger partial charge in [-0.15, -0.1) is 0 Å². The Kier molecular flexibility index (Phi) is 4.56. The summed E-state index contributed by atoms with van der Waals surface area (Å²) in [5.41, 5.74) is 7.23. The van der Waals surface area contributed by atoms with Gasteiger partial charge in [0.2, 0.25) is 5.95 Å². The molecule has 2 aromatic heterocycles. The summed E-state index contributed by atoms with van der Waals surface area (Å²) >= 11 is 0. The summed E-state index contributed by atoms with van der Waals surface area (Å²) in [6.07, 6.45) is -0.923. The fraction of sp³-hybridized carbons (Fsp3) is 0.353. The van der Waals surface area contributed by atoms with Gasteiger partial charge in [0.05, 0.1) is 6.54 Å². The molecule has 0 spiro atoms. The van der Waals surface area contributed by atoms with Crippen molar-refractivity contribution in [1.29, 1.82) is 0 Å². The van der Waals surface area contributed by atoms with Crippen molar-refractivity contribution < 1.29 is 9.84 Å². The van der Waals surface area contributed by atoms with Gasteiger partial charge in [-0.05, 0) is 37.1 Å². The van der Waals surface area contributed by atoms with Gasteiger partial charge in [-0.2, -0.15) is 4.98 Å². The van der Waals surface area contributed by atoms with Gasteiger partial charge in [-0.25, -0.2) is 4.79 Å². The van der Waals surface area contributed by atoms with E-state index in [-0.39, 0.29) is 30.3 Å². The van der Waals surface area contributed by atoms with Crippen LogP contribution in [0, 0.1) is 13.8 Å². The molecule has 9 heteroatoms. The van der Waals surface area contributed by atoms with Crippen LogP contribution in [-0.2, 0) is 13.6 Å². The zero-order valence-corrected chi connectivity index (χ0v) is 14.8. The molecule has 0 aliphatic heterocycles. The predicted octanol–water partition coefficient (Wildman–Crippen LogP) is 0.0622. The molecule has 2 heterocycles. The highest BCUT2D eigenvalue weighted by Crippen LogP contribution is 2.17. The van der Waals surface area contributed by atoms with E-state index in [9.17, 15) is 14.7 Å². The summed E-state index contributed by atoms with van der Waals surface area (Å²) in [4.78, 5) is 30.0. The zero-order valence-electron chi connectivity index (χ0n) is 14.8. The second-order valence-corrected chi connectivity index (χ2v) is 6.28. The Hall–Kier alpha value is -3.07. The van der Waals surface area contributed by atoms with Gasteiger partial charge in [0, 0.05) is 7.05 Å². The van der Waals surface area contributed by atoms with Crippen LogP contribution in [0.2, 0.25) is 0 Å². The highest BCUT2D eigenvalue weighted by atomic mass is 16.5. The number of fused-ring (bicyclic) bond motifs is 1. The number of rotatable bonds is 5. The summed E-state index contributed by atoms with van der Waals surface area (Å²) in [5, 5.41) is 10.3. The van der Waals surface area contributed by atoms with Crippen LogP contribution in [0.25, 0.3) is 11.2 Å². The number of aliphatic hydroxyl groups excluding tert-OH is 1. The molecule has 0 fully saturated rings. The average molecular weight is 359 g/mol. The van der Waals surface area contributed by atoms with Crippen LogP contribution >= 0.6 is 0 Å². The van der Waals surface area contributed by atoms with Gasteiger partial charge in [0.25, 0.3) is 5.56 Å². The summed E-state index contributed by atoms with van der Waals surface area (Å²) in [6.45, 7) is 4.01. The molecule has 3 aromatic rings. The normalized spacial score (nSPS) is 12.5. The van der Waals surface area contributed by atoms with E-state index in [4.69, 9.17) is 10.5 Å². The van der Waals surface area contributed by atoms with Crippen molar-refractivity contribution in [3.8, 4) is 5.75 Å². The van der Waals surface area contributed by atoms with E-state index in [0.29, 0.717) is 5.75 Å². The highest BCUT2D eigenvalue weighted by Gasteiger charge is 2.18. The Morgan fingerprint density at radius 2 is 2.04 bits per heavy atom. The third-order valence-electron chi connectivity index (χ3n) is 4.35. The monoisotopic (exact) mass is 359 g/mol. The van der Waals surface area contributed by atoms with E-state index in [2.05, 4.69) is 9.97 Å². The molecular weight excluding hydrogens is 338 g/mol. The van der Waals surface area contributed by atoms with E-state index in [1.807, 2.05) is 32.0 Å². The van der Waals surface area contributed by atoms with Crippen LogP contribution in [0.5, 0.6) is 5.75 Å². The molecular formula is C17H21N5O4. The largest absolute Gasteiger partial charge is 0.491 e. The molecule has 0 aliphatic rings. The van der Waals surface area contributed by atoms with Gasteiger partial charge in [-0.3, -0.25) is 14.3 Å². The molecule has 0 radical (unpaired) electrons. The SMILES string of the molecule is Cc1ccc(OCC(O)Cn2c(N)nc3c2c(=O)[nH]c(=O)n3C)cc1C. The lowest BCUT2D eigenvalue weighted by Gasteiger charge is -2.15. The van der Waals surface area contributed by atoms with Crippen LogP contribution < -0.4 is 21.7 Å². The quantitative estimate of drug-likeness (QED) is 0.591. The molecule has 0 saturated carbocycles. The third kappa shape index (κ3) is 3.21. The maximum absolute atomic E-state index is 12.1. The number of aryl methyl sites for hydroxylation is 3. The number of benzene rings is 1. The number of ether oxygens (including phenoxy) is 1. The van der Waals surface area contributed by atoms with Crippen LogP contribution in [0.3, 0.4) is 0 Å². The van der Waals surface area contributed by atoms with Crippen molar-refractivity contribution in [3.63, 3.8) is 0 Å². The molecule has 1 unspecified atom stereocenters. The molecule has 9 nitrogen and oxygen atoms in total. The Balaban J connectivity index is 1.81. The first kappa shape index (κ1) is 17.7. The van der Waals surface area contributed by atoms with Crippen LogP contribution in [0.4, 0.5) is 5.95 Å². The standard InChI is InChI=1S/C17H21N5O4/c1-9-4-5-12(6-10(9)2)26-8-11(23)7-22-13-14(19-16(22)18)21(3)17(25)20-15(13)24/h4-6,11,23H,7-8H2,1-3H3,(H2,18,19)(H,20,24,25). The molecule has 26 heavy (non-hydrogen) atoms. The lowest BCUT2D eigenvalue weighted by Crippen LogP contribution is -2.30. The average Bonchev–Trinajstić information content (AvgIpc) is 2.91. The Morgan fingerprint density at radius 1 is 1.31 bits per heavy atom. The molecule has 4 N–H and O–H groups in total. The molecule has 1 aromatic carbocycles. The van der Waals surface area contributed by atoms with E-state index >= 15 is 0 Å². The van der Waals surface area contributed by atoms with Crippen molar-refractivity contribution in [2.24, 2.45) is 7.05 Å². The van der Waals surface area contributed by atoms with Crippen molar-refractivity contribution in [3.05, 3.63) is 50.2 Å². The highest BCUT2D eigenvalue weighted by molar-refractivity contribution is 5.73. The number of anilines is 1. The first-order chi connectivity index (χ1) is 12.3. The Labute approximate surface area is 148 Å². The van der Waals surface area contributed by atoms with E-state index in [1.54, 1.807) is 0 Å². The van der Waals surface area contributed by atoms with Gasteiger partial charge < -0.3 is 20.1 Å². The van der Waals surface area contributed by atoms with E-state index in [0.717, 1.165) is 11.1 Å². The number of nitrogens with two attached hydrogens (primary N) is 1. The molecule has 3 rings (SSSR count). The van der Waals surface area contributed by atoms with E-state index < -0.39 is 17.4 Å². The van der Waals surface area contributed by atoms with Crippen molar-refractivity contribution in [1.82, 2.24) is 19.1 Å². The number of hydrogen-bond donors (Lipinski definition) is 3. The van der Waals surface area contributed by atoms with Gasteiger partial charge in [-0.1, -0.05) is 6.07 Å². The lowest BCUT2D eigenvalue weighted by molar-refractivity contribution is 0.0938. The molecule has 0 amide bonds. The maximum atomic E-state index is 12.1.